The number of esters is 1. The van der Waals surface area contributed by atoms with Crippen molar-refractivity contribution in [3.63, 3.8) is 0 Å². The minimum Gasteiger partial charge on any atom is -0.465 e. The van der Waals surface area contributed by atoms with Crippen LogP contribution in [0.15, 0.2) is 48.5 Å². The zero-order valence-corrected chi connectivity index (χ0v) is 15.3. The Kier molecular flexibility index (Phi) is 11.3. The van der Waals surface area contributed by atoms with Crippen LogP contribution in [0.25, 0.3) is 11.1 Å². The average Bonchev–Trinajstić information content (AvgIpc) is 2.63. The maximum absolute atomic E-state index is 11.3. The van der Waals surface area contributed by atoms with Crippen LogP contribution < -0.4 is 0 Å². The van der Waals surface area contributed by atoms with E-state index in [1.165, 1.54) is 24.7 Å². The van der Waals surface area contributed by atoms with E-state index in [0.717, 1.165) is 12.0 Å². The van der Waals surface area contributed by atoms with E-state index in [9.17, 15) is 4.79 Å². The minimum absolute atomic E-state index is 0.302. The zero-order chi connectivity index (χ0) is 17.7. The van der Waals surface area contributed by atoms with E-state index < -0.39 is 0 Å². The fourth-order valence-corrected chi connectivity index (χ4v) is 1.89. The lowest BCUT2D eigenvalue weighted by molar-refractivity contribution is 0.0601. The molecule has 2 rings (SSSR count). The van der Waals surface area contributed by atoms with Crippen LogP contribution >= 0.6 is 0 Å². The van der Waals surface area contributed by atoms with Crippen molar-refractivity contribution in [1.82, 2.24) is 0 Å². The molecule has 0 heterocycles. The molecule has 0 atom stereocenters. The summed E-state index contributed by atoms with van der Waals surface area (Å²) in [7, 11) is 1.39. The molecule has 0 N–H and O–H groups in total. The van der Waals surface area contributed by atoms with E-state index in [1.54, 1.807) is 12.1 Å². The first kappa shape index (κ1) is 20.9. The second kappa shape index (κ2) is 12.5. The van der Waals surface area contributed by atoms with Gasteiger partial charge in [0.1, 0.15) is 0 Å². The molecule has 0 aliphatic carbocycles. The molecule has 0 saturated carbocycles. The van der Waals surface area contributed by atoms with Gasteiger partial charge in [0.2, 0.25) is 0 Å². The molecule has 2 nitrogen and oxygen atoms in total. The highest BCUT2D eigenvalue weighted by molar-refractivity contribution is 5.89. The number of benzene rings is 2. The number of hydrogen-bond acceptors (Lipinski definition) is 2. The molecule has 0 spiro atoms. The SMILES string of the molecule is CC.CCC.CCc1cccc(-c2ccc(C(=O)OC)cc2)c1. The normalized spacial score (nSPS) is 8.96. The van der Waals surface area contributed by atoms with Crippen molar-refractivity contribution in [2.75, 3.05) is 7.11 Å². The molecule has 0 saturated heterocycles. The predicted octanol–water partition coefficient (Wildman–Crippen LogP) is 6.15. The third-order valence-corrected chi connectivity index (χ3v) is 2.97. The molecule has 2 heteroatoms. The van der Waals surface area contributed by atoms with Crippen molar-refractivity contribution >= 4 is 5.97 Å². The molecule has 0 aliphatic rings. The Labute approximate surface area is 141 Å². The van der Waals surface area contributed by atoms with Gasteiger partial charge >= 0.3 is 5.97 Å². The highest BCUT2D eigenvalue weighted by Crippen LogP contribution is 2.21. The topological polar surface area (TPSA) is 26.3 Å². The summed E-state index contributed by atoms with van der Waals surface area (Å²) >= 11 is 0. The second-order valence-electron chi connectivity index (χ2n) is 4.83. The van der Waals surface area contributed by atoms with E-state index in [-0.39, 0.29) is 5.97 Å². The van der Waals surface area contributed by atoms with E-state index in [2.05, 4.69) is 49.8 Å². The van der Waals surface area contributed by atoms with Gasteiger partial charge in [0.05, 0.1) is 12.7 Å². The highest BCUT2D eigenvalue weighted by atomic mass is 16.5. The minimum atomic E-state index is -0.302. The third-order valence-electron chi connectivity index (χ3n) is 2.97. The summed E-state index contributed by atoms with van der Waals surface area (Å²) in [5, 5.41) is 0. The van der Waals surface area contributed by atoms with Crippen LogP contribution in [-0.4, -0.2) is 13.1 Å². The maximum Gasteiger partial charge on any atom is 0.337 e. The summed E-state index contributed by atoms with van der Waals surface area (Å²) in [6.45, 7) is 10.4. The highest BCUT2D eigenvalue weighted by Gasteiger charge is 2.05. The van der Waals surface area contributed by atoms with Crippen LogP contribution in [0.5, 0.6) is 0 Å². The number of hydrogen-bond donors (Lipinski definition) is 0. The maximum atomic E-state index is 11.3. The third kappa shape index (κ3) is 7.14. The van der Waals surface area contributed by atoms with Gasteiger partial charge in [-0.1, -0.05) is 77.4 Å². The van der Waals surface area contributed by atoms with Crippen LogP contribution in [0, 0.1) is 0 Å². The molecule has 23 heavy (non-hydrogen) atoms. The van der Waals surface area contributed by atoms with Gasteiger partial charge in [-0.25, -0.2) is 4.79 Å². The van der Waals surface area contributed by atoms with Gasteiger partial charge in [0.15, 0.2) is 0 Å². The van der Waals surface area contributed by atoms with Gasteiger partial charge in [-0.15, -0.1) is 0 Å². The summed E-state index contributed by atoms with van der Waals surface area (Å²) in [5.41, 5.74) is 4.17. The molecular formula is C21H30O2. The molecule has 0 fully saturated rings. The van der Waals surface area contributed by atoms with E-state index in [1.807, 2.05) is 26.0 Å². The van der Waals surface area contributed by atoms with Crippen molar-refractivity contribution in [3.05, 3.63) is 59.7 Å². The summed E-state index contributed by atoms with van der Waals surface area (Å²) in [5.74, 6) is -0.302. The first-order valence-electron chi connectivity index (χ1n) is 8.43. The zero-order valence-electron chi connectivity index (χ0n) is 15.3. The first-order valence-corrected chi connectivity index (χ1v) is 8.43. The van der Waals surface area contributed by atoms with Gasteiger partial charge in [-0.05, 0) is 35.2 Å². The van der Waals surface area contributed by atoms with Crippen LogP contribution in [0.3, 0.4) is 0 Å². The largest absolute Gasteiger partial charge is 0.465 e. The van der Waals surface area contributed by atoms with Crippen molar-refractivity contribution in [1.29, 1.82) is 0 Å². The van der Waals surface area contributed by atoms with E-state index >= 15 is 0 Å². The number of aryl methyl sites for hydroxylation is 1. The van der Waals surface area contributed by atoms with Gasteiger partial charge < -0.3 is 4.74 Å². The summed E-state index contributed by atoms with van der Waals surface area (Å²) in [4.78, 5) is 11.3. The van der Waals surface area contributed by atoms with Crippen LogP contribution in [0.2, 0.25) is 0 Å². The second-order valence-corrected chi connectivity index (χ2v) is 4.83. The first-order chi connectivity index (χ1) is 11.2. The number of carbonyl (C=O) groups excluding carboxylic acids is 1. The van der Waals surface area contributed by atoms with Gasteiger partial charge in [-0.2, -0.15) is 0 Å². The predicted molar refractivity (Wildman–Crippen MR) is 99.9 cm³/mol. The Balaban J connectivity index is 0.000000868. The molecule has 0 aromatic heterocycles. The average molecular weight is 314 g/mol. The summed E-state index contributed by atoms with van der Waals surface area (Å²) < 4.78 is 4.68. The lowest BCUT2D eigenvalue weighted by atomic mass is 10.0. The van der Waals surface area contributed by atoms with Crippen LogP contribution in [0.1, 0.15) is 57.0 Å². The Morgan fingerprint density at radius 3 is 1.96 bits per heavy atom. The lowest BCUT2D eigenvalue weighted by Gasteiger charge is -2.05. The lowest BCUT2D eigenvalue weighted by Crippen LogP contribution is -2.00. The molecule has 2 aromatic rings. The van der Waals surface area contributed by atoms with Crippen molar-refractivity contribution in [2.45, 2.75) is 47.5 Å². The van der Waals surface area contributed by atoms with Gasteiger partial charge in [0.25, 0.3) is 0 Å². The molecule has 126 valence electrons. The van der Waals surface area contributed by atoms with E-state index in [0.29, 0.717) is 5.56 Å². The summed E-state index contributed by atoms with van der Waals surface area (Å²) in [6.07, 6.45) is 2.27. The molecule has 2 aromatic carbocycles. The molecular weight excluding hydrogens is 284 g/mol. The fourth-order valence-electron chi connectivity index (χ4n) is 1.89. The molecule has 0 radical (unpaired) electrons. The Morgan fingerprint density at radius 2 is 1.48 bits per heavy atom. The monoisotopic (exact) mass is 314 g/mol. The molecule has 0 bridgehead atoms. The van der Waals surface area contributed by atoms with Crippen molar-refractivity contribution < 1.29 is 9.53 Å². The standard InChI is InChI=1S/C16H16O2.C3H8.C2H6/c1-3-12-5-4-6-15(11-12)13-7-9-14(10-8-13)16(17)18-2;1-3-2;1-2/h4-11H,3H2,1-2H3;3H2,1-2H3;1-2H3. The number of ether oxygens (including phenoxy) is 1. The summed E-state index contributed by atoms with van der Waals surface area (Å²) in [6, 6.07) is 15.9. The smallest absolute Gasteiger partial charge is 0.337 e. The number of rotatable bonds is 3. The van der Waals surface area contributed by atoms with Gasteiger partial charge in [0, 0.05) is 0 Å². The van der Waals surface area contributed by atoms with Crippen LogP contribution in [0.4, 0.5) is 0 Å². The van der Waals surface area contributed by atoms with Crippen molar-refractivity contribution in [3.8, 4) is 11.1 Å². The number of carbonyl (C=O) groups is 1. The van der Waals surface area contributed by atoms with E-state index in [4.69, 9.17) is 0 Å². The Morgan fingerprint density at radius 1 is 0.913 bits per heavy atom. The molecule has 0 amide bonds. The van der Waals surface area contributed by atoms with Crippen LogP contribution in [-0.2, 0) is 11.2 Å². The van der Waals surface area contributed by atoms with Gasteiger partial charge in [-0.3, -0.25) is 0 Å². The number of methoxy groups -OCH3 is 1. The quantitative estimate of drug-likeness (QED) is 0.635. The Hall–Kier alpha value is -2.09. The molecule has 0 unspecified atom stereocenters. The molecule has 0 aliphatic heterocycles. The fraction of sp³-hybridized carbons (Fsp3) is 0.381. The Bertz CT molecular complexity index is 556. The van der Waals surface area contributed by atoms with Crippen molar-refractivity contribution in [2.24, 2.45) is 0 Å².